The molecule has 1 rings (SSSR count). The number of hydrazine groups is 1. The molecule has 96 valence electrons. The molecule has 0 saturated heterocycles. The van der Waals surface area contributed by atoms with Crippen LogP contribution in [-0.2, 0) is 11.3 Å². The molecule has 17 heavy (non-hydrogen) atoms. The molecule has 1 heterocycles. The van der Waals surface area contributed by atoms with Crippen LogP contribution in [0.1, 0.15) is 26.0 Å². The van der Waals surface area contributed by atoms with E-state index in [1.165, 1.54) is 0 Å². The van der Waals surface area contributed by atoms with Crippen LogP contribution in [0, 0.1) is 5.92 Å². The second-order valence-corrected chi connectivity index (χ2v) is 4.25. The van der Waals surface area contributed by atoms with Crippen molar-refractivity contribution in [2.75, 3.05) is 24.4 Å². The van der Waals surface area contributed by atoms with Gasteiger partial charge in [-0.2, -0.15) is 4.98 Å². The Kier molecular flexibility index (Phi) is 5.65. The first-order valence-electron chi connectivity index (χ1n) is 5.73. The molecule has 1 aromatic rings. The van der Waals surface area contributed by atoms with Crippen LogP contribution >= 0.6 is 0 Å². The first-order chi connectivity index (χ1) is 8.15. The Morgan fingerprint density at radius 2 is 2.18 bits per heavy atom. The van der Waals surface area contributed by atoms with Crippen molar-refractivity contribution in [2.45, 2.75) is 26.9 Å². The van der Waals surface area contributed by atoms with Gasteiger partial charge in [-0.15, -0.1) is 0 Å². The van der Waals surface area contributed by atoms with Gasteiger partial charge in [-0.1, -0.05) is 13.8 Å². The van der Waals surface area contributed by atoms with Gasteiger partial charge in [-0.05, 0) is 12.3 Å². The second-order valence-electron chi connectivity index (χ2n) is 4.25. The number of hydrogen-bond donors (Lipinski definition) is 3. The van der Waals surface area contributed by atoms with Crippen LogP contribution in [0.4, 0.5) is 11.8 Å². The Labute approximate surface area is 102 Å². The fourth-order valence-electron chi connectivity index (χ4n) is 1.34. The number of ether oxygens (including phenoxy) is 1. The normalized spacial score (nSPS) is 10.6. The first-order valence-corrected chi connectivity index (χ1v) is 5.73. The van der Waals surface area contributed by atoms with Gasteiger partial charge < -0.3 is 15.5 Å². The molecule has 6 nitrogen and oxygen atoms in total. The van der Waals surface area contributed by atoms with E-state index in [0.717, 1.165) is 18.7 Å². The largest absolute Gasteiger partial charge is 0.378 e. The van der Waals surface area contributed by atoms with Gasteiger partial charge in [0.05, 0.1) is 12.3 Å². The maximum Gasteiger partial charge on any atom is 0.224 e. The quantitative estimate of drug-likeness (QED) is 0.492. The lowest BCUT2D eigenvalue weighted by Crippen LogP contribution is -2.14. The molecule has 6 heteroatoms. The Morgan fingerprint density at radius 3 is 2.76 bits per heavy atom. The third-order valence-corrected chi connectivity index (χ3v) is 2.22. The van der Waals surface area contributed by atoms with Gasteiger partial charge in [-0.25, -0.2) is 10.8 Å². The lowest BCUT2D eigenvalue weighted by atomic mass is 10.1. The van der Waals surface area contributed by atoms with E-state index in [9.17, 15) is 0 Å². The molecule has 0 aromatic carbocycles. The molecule has 1 aromatic heterocycles. The molecule has 0 radical (unpaired) electrons. The number of nitrogens with zero attached hydrogens (tertiary/aromatic N) is 2. The average molecular weight is 239 g/mol. The fraction of sp³-hybridized carbons (Fsp3) is 0.636. The van der Waals surface area contributed by atoms with E-state index in [-0.39, 0.29) is 0 Å². The zero-order chi connectivity index (χ0) is 12.7. The number of nitrogens with one attached hydrogen (secondary N) is 2. The molecular weight excluding hydrogens is 218 g/mol. The van der Waals surface area contributed by atoms with Crippen molar-refractivity contribution < 1.29 is 4.74 Å². The summed E-state index contributed by atoms with van der Waals surface area (Å²) in [6.45, 7) is 5.64. The highest BCUT2D eigenvalue weighted by Gasteiger charge is 2.04. The molecule has 0 amide bonds. The molecule has 0 saturated carbocycles. The first kappa shape index (κ1) is 13.7. The van der Waals surface area contributed by atoms with Crippen molar-refractivity contribution in [2.24, 2.45) is 11.8 Å². The van der Waals surface area contributed by atoms with E-state index >= 15 is 0 Å². The lowest BCUT2D eigenvalue weighted by Gasteiger charge is -2.10. The van der Waals surface area contributed by atoms with Gasteiger partial charge in [0.2, 0.25) is 5.95 Å². The van der Waals surface area contributed by atoms with Crippen molar-refractivity contribution in [1.29, 1.82) is 0 Å². The molecular formula is C11H21N5O. The van der Waals surface area contributed by atoms with E-state index in [4.69, 9.17) is 10.6 Å². The number of nitrogens with two attached hydrogens (primary N) is 1. The van der Waals surface area contributed by atoms with Crippen LogP contribution in [0.2, 0.25) is 0 Å². The van der Waals surface area contributed by atoms with Crippen LogP contribution < -0.4 is 16.6 Å². The van der Waals surface area contributed by atoms with Crippen LogP contribution in [0.25, 0.3) is 0 Å². The van der Waals surface area contributed by atoms with Gasteiger partial charge in [0.25, 0.3) is 0 Å². The smallest absolute Gasteiger partial charge is 0.224 e. The number of aromatic nitrogens is 2. The van der Waals surface area contributed by atoms with Crippen molar-refractivity contribution in [3.63, 3.8) is 0 Å². The Balaban J connectivity index is 2.66. The number of methoxy groups -OCH3 is 1. The van der Waals surface area contributed by atoms with Gasteiger partial charge in [-0.3, -0.25) is 0 Å². The molecule has 0 aliphatic carbocycles. The zero-order valence-electron chi connectivity index (χ0n) is 10.7. The Hall–Kier alpha value is -1.40. The van der Waals surface area contributed by atoms with Gasteiger partial charge in [0.1, 0.15) is 5.82 Å². The van der Waals surface area contributed by atoms with Crippen molar-refractivity contribution in [3.8, 4) is 0 Å². The van der Waals surface area contributed by atoms with Crippen molar-refractivity contribution in [3.05, 3.63) is 11.8 Å². The van der Waals surface area contributed by atoms with Crippen molar-refractivity contribution in [1.82, 2.24) is 9.97 Å². The van der Waals surface area contributed by atoms with Crippen LogP contribution in [0.5, 0.6) is 0 Å². The van der Waals surface area contributed by atoms with Crippen molar-refractivity contribution >= 4 is 11.8 Å². The monoisotopic (exact) mass is 239 g/mol. The average Bonchev–Trinajstić information content (AvgIpc) is 2.28. The molecule has 0 spiro atoms. The summed E-state index contributed by atoms with van der Waals surface area (Å²) in [6, 6.07) is 1.76. The molecule has 4 N–H and O–H groups in total. The third kappa shape index (κ3) is 4.97. The molecule has 0 unspecified atom stereocenters. The summed E-state index contributed by atoms with van der Waals surface area (Å²) in [5.74, 6) is 7.16. The highest BCUT2D eigenvalue weighted by molar-refractivity contribution is 5.41. The summed E-state index contributed by atoms with van der Waals surface area (Å²) < 4.78 is 5.04. The van der Waals surface area contributed by atoms with E-state index in [0.29, 0.717) is 24.3 Å². The van der Waals surface area contributed by atoms with E-state index < -0.39 is 0 Å². The molecule has 0 fully saturated rings. The summed E-state index contributed by atoms with van der Waals surface area (Å²) in [5, 5.41) is 3.18. The zero-order valence-corrected chi connectivity index (χ0v) is 10.7. The maximum atomic E-state index is 5.35. The number of rotatable bonds is 7. The van der Waals surface area contributed by atoms with Gasteiger partial charge in [0, 0.05) is 19.7 Å². The predicted molar refractivity (Wildman–Crippen MR) is 68.5 cm³/mol. The molecule has 0 aliphatic rings. The maximum absolute atomic E-state index is 5.35. The SMILES string of the molecule is COCc1cc(NN)nc(NCCC(C)C)n1. The lowest BCUT2D eigenvalue weighted by molar-refractivity contribution is 0.181. The Morgan fingerprint density at radius 1 is 1.41 bits per heavy atom. The predicted octanol–water partition coefficient (Wildman–Crippen LogP) is 1.37. The standard InChI is InChI=1S/C11H21N5O/c1-8(2)4-5-13-11-14-9(7-17-3)6-10(15-11)16-12/h6,8H,4-5,7,12H2,1-3H3,(H2,13,14,15,16). The highest BCUT2D eigenvalue weighted by Crippen LogP contribution is 2.10. The Bertz CT molecular complexity index is 343. The van der Waals surface area contributed by atoms with Gasteiger partial charge in [0.15, 0.2) is 0 Å². The molecule has 0 aliphatic heterocycles. The summed E-state index contributed by atoms with van der Waals surface area (Å²) >= 11 is 0. The summed E-state index contributed by atoms with van der Waals surface area (Å²) in [5.41, 5.74) is 3.31. The minimum Gasteiger partial charge on any atom is -0.378 e. The topological polar surface area (TPSA) is 85.1 Å². The molecule has 0 bridgehead atoms. The summed E-state index contributed by atoms with van der Waals surface area (Å²) in [7, 11) is 1.63. The minimum absolute atomic E-state index is 0.441. The van der Waals surface area contributed by atoms with Crippen LogP contribution in [-0.4, -0.2) is 23.6 Å². The number of anilines is 2. The van der Waals surface area contributed by atoms with Gasteiger partial charge >= 0.3 is 0 Å². The highest BCUT2D eigenvalue weighted by atomic mass is 16.5. The summed E-state index contributed by atoms with van der Waals surface area (Å²) in [4.78, 5) is 8.54. The van der Waals surface area contributed by atoms with E-state index in [1.807, 2.05) is 0 Å². The second kappa shape index (κ2) is 7.03. The third-order valence-electron chi connectivity index (χ3n) is 2.22. The van der Waals surface area contributed by atoms with E-state index in [2.05, 4.69) is 34.6 Å². The van der Waals surface area contributed by atoms with Crippen LogP contribution in [0.3, 0.4) is 0 Å². The van der Waals surface area contributed by atoms with E-state index in [1.54, 1.807) is 13.2 Å². The summed E-state index contributed by atoms with van der Waals surface area (Å²) in [6.07, 6.45) is 1.07. The minimum atomic E-state index is 0.441. The van der Waals surface area contributed by atoms with Crippen LogP contribution in [0.15, 0.2) is 6.07 Å². The molecule has 0 atom stereocenters. The number of hydrogen-bond acceptors (Lipinski definition) is 6. The number of nitrogen functional groups attached to an aromatic ring is 1. The fourth-order valence-corrected chi connectivity index (χ4v) is 1.34.